The van der Waals surface area contributed by atoms with Gasteiger partial charge in [0.2, 0.25) is 5.95 Å². The highest BCUT2D eigenvalue weighted by Crippen LogP contribution is 2.15. The van der Waals surface area contributed by atoms with Gasteiger partial charge in [0.15, 0.2) is 0 Å². The van der Waals surface area contributed by atoms with E-state index in [4.69, 9.17) is 11.6 Å². The number of aromatic nitrogens is 2. The Morgan fingerprint density at radius 1 is 1.12 bits per heavy atom. The SMILES string of the molecule is Cc1cc(C(=O)NCc2ccc(Cl)cc2)nc(Nc2cccc(F)c2)n1. The smallest absolute Gasteiger partial charge is 0.270 e. The average Bonchev–Trinajstić information content (AvgIpc) is 2.60. The molecule has 3 aromatic rings. The van der Waals surface area contributed by atoms with E-state index in [9.17, 15) is 9.18 Å². The molecule has 1 amide bonds. The van der Waals surface area contributed by atoms with Crippen molar-refractivity contribution >= 4 is 29.1 Å². The number of carbonyl (C=O) groups is 1. The first-order valence-electron chi connectivity index (χ1n) is 7.90. The van der Waals surface area contributed by atoms with Crippen LogP contribution in [0, 0.1) is 12.7 Å². The normalized spacial score (nSPS) is 10.4. The standard InChI is InChI=1S/C19H16ClFN4O/c1-12-9-17(18(26)22-11-13-5-7-14(20)8-6-13)25-19(23-12)24-16-4-2-3-15(21)10-16/h2-10H,11H2,1H3,(H,22,26)(H,23,24,25). The first kappa shape index (κ1) is 17.8. The zero-order valence-corrected chi connectivity index (χ0v) is 14.7. The molecule has 1 aromatic heterocycles. The second-order valence-electron chi connectivity index (χ2n) is 5.66. The van der Waals surface area contributed by atoms with Gasteiger partial charge in [-0.2, -0.15) is 0 Å². The van der Waals surface area contributed by atoms with Crippen molar-refractivity contribution in [2.45, 2.75) is 13.5 Å². The van der Waals surface area contributed by atoms with Gasteiger partial charge in [0.1, 0.15) is 11.5 Å². The molecular formula is C19H16ClFN4O. The summed E-state index contributed by atoms with van der Waals surface area (Å²) in [5.74, 6) is -0.469. The van der Waals surface area contributed by atoms with Gasteiger partial charge >= 0.3 is 0 Å². The van der Waals surface area contributed by atoms with Crippen LogP contribution in [0.5, 0.6) is 0 Å². The molecule has 0 saturated carbocycles. The van der Waals surface area contributed by atoms with Gasteiger partial charge in [-0.25, -0.2) is 14.4 Å². The summed E-state index contributed by atoms with van der Waals surface area (Å²) in [5.41, 5.74) is 2.27. The zero-order valence-electron chi connectivity index (χ0n) is 14.0. The van der Waals surface area contributed by atoms with E-state index in [1.54, 1.807) is 37.3 Å². The van der Waals surface area contributed by atoms with E-state index in [1.165, 1.54) is 12.1 Å². The van der Waals surface area contributed by atoms with Gasteiger partial charge in [-0.1, -0.05) is 29.8 Å². The molecule has 0 fully saturated rings. The molecule has 0 atom stereocenters. The number of amides is 1. The van der Waals surface area contributed by atoms with Crippen molar-refractivity contribution in [2.24, 2.45) is 0 Å². The summed E-state index contributed by atoms with van der Waals surface area (Å²) in [4.78, 5) is 20.8. The topological polar surface area (TPSA) is 66.9 Å². The second-order valence-corrected chi connectivity index (χ2v) is 6.10. The van der Waals surface area contributed by atoms with Gasteiger partial charge in [-0.15, -0.1) is 0 Å². The van der Waals surface area contributed by atoms with Gasteiger partial charge in [0, 0.05) is 22.9 Å². The quantitative estimate of drug-likeness (QED) is 0.704. The summed E-state index contributed by atoms with van der Waals surface area (Å²) in [5, 5.41) is 6.34. The lowest BCUT2D eigenvalue weighted by molar-refractivity contribution is 0.0945. The molecule has 1 heterocycles. The van der Waals surface area contributed by atoms with E-state index >= 15 is 0 Å². The lowest BCUT2D eigenvalue weighted by atomic mass is 10.2. The van der Waals surface area contributed by atoms with Crippen molar-refractivity contribution in [3.8, 4) is 0 Å². The Balaban J connectivity index is 1.71. The zero-order chi connectivity index (χ0) is 18.5. The minimum atomic E-state index is -0.372. The summed E-state index contributed by atoms with van der Waals surface area (Å²) in [7, 11) is 0. The maximum absolute atomic E-state index is 13.3. The molecule has 0 radical (unpaired) electrons. The molecule has 0 unspecified atom stereocenters. The third-order valence-electron chi connectivity index (χ3n) is 3.53. The van der Waals surface area contributed by atoms with Crippen molar-refractivity contribution in [3.63, 3.8) is 0 Å². The Hall–Kier alpha value is -2.99. The maximum atomic E-state index is 13.3. The van der Waals surface area contributed by atoms with Crippen molar-refractivity contribution in [2.75, 3.05) is 5.32 Å². The van der Waals surface area contributed by atoms with Gasteiger partial charge in [0.05, 0.1) is 0 Å². The lowest BCUT2D eigenvalue weighted by Gasteiger charge is -2.09. The molecule has 7 heteroatoms. The summed E-state index contributed by atoms with van der Waals surface area (Å²) in [6.45, 7) is 2.11. The van der Waals surface area contributed by atoms with Crippen LogP contribution in [0.4, 0.5) is 16.0 Å². The summed E-state index contributed by atoms with van der Waals surface area (Å²) < 4.78 is 13.3. The van der Waals surface area contributed by atoms with E-state index in [0.717, 1.165) is 5.56 Å². The fourth-order valence-electron chi connectivity index (χ4n) is 2.31. The number of benzene rings is 2. The van der Waals surface area contributed by atoms with Crippen LogP contribution in [0.3, 0.4) is 0 Å². The first-order valence-corrected chi connectivity index (χ1v) is 8.28. The van der Waals surface area contributed by atoms with Crippen LogP contribution in [0.1, 0.15) is 21.7 Å². The van der Waals surface area contributed by atoms with Crippen LogP contribution in [0.25, 0.3) is 0 Å². The Kier molecular flexibility index (Phi) is 5.43. The van der Waals surface area contributed by atoms with Gasteiger partial charge in [0.25, 0.3) is 5.91 Å². The van der Waals surface area contributed by atoms with Crippen molar-refractivity contribution in [3.05, 3.63) is 82.4 Å². The fourth-order valence-corrected chi connectivity index (χ4v) is 2.44. The number of halogens is 2. The number of rotatable bonds is 5. The average molecular weight is 371 g/mol. The molecule has 0 aliphatic rings. The van der Waals surface area contributed by atoms with Crippen LogP contribution >= 0.6 is 11.6 Å². The van der Waals surface area contributed by atoms with Crippen molar-refractivity contribution in [1.82, 2.24) is 15.3 Å². The number of nitrogens with one attached hydrogen (secondary N) is 2. The molecule has 0 bridgehead atoms. The molecule has 0 aliphatic carbocycles. The van der Waals surface area contributed by atoms with E-state index in [2.05, 4.69) is 20.6 Å². The molecular weight excluding hydrogens is 355 g/mol. The Morgan fingerprint density at radius 3 is 2.62 bits per heavy atom. The predicted molar refractivity (Wildman–Crippen MR) is 99.1 cm³/mol. The molecule has 0 aliphatic heterocycles. The van der Waals surface area contributed by atoms with Crippen LogP contribution in [0.15, 0.2) is 54.6 Å². The van der Waals surface area contributed by atoms with Crippen molar-refractivity contribution < 1.29 is 9.18 Å². The third kappa shape index (κ3) is 4.77. The molecule has 0 spiro atoms. The molecule has 2 aromatic carbocycles. The molecule has 3 rings (SSSR count). The van der Waals surface area contributed by atoms with Gasteiger partial charge < -0.3 is 10.6 Å². The Bertz CT molecular complexity index is 931. The summed E-state index contributed by atoms with van der Waals surface area (Å²) in [6, 6.07) is 14.7. The molecule has 5 nitrogen and oxygen atoms in total. The Morgan fingerprint density at radius 2 is 1.88 bits per heavy atom. The highest BCUT2D eigenvalue weighted by molar-refractivity contribution is 6.30. The minimum absolute atomic E-state index is 0.227. The Labute approximate surface area is 155 Å². The van der Waals surface area contributed by atoms with Crippen LogP contribution < -0.4 is 10.6 Å². The van der Waals surface area contributed by atoms with Crippen LogP contribution in [0.2, 0.25) is 5.02 Å². The largest absolute Gasteiger partial charge is 0.347 e. The second kappa shape index (κ2) is 7.93. The van der Waals surface area contributed by atoms with E-state index in [-0.39, 0.29) is 23.4 Å². The maximum Gasteiger partial charge on any atom is 0.270 e. The monoisotopic (exact) mass is 370 g/mol. The molecule has 0 saturated heterocycles. The summed E-state index contributed by atoms with van der Waals surface area (Å²) in [6.07, 6.45) is 0. The number of aryl methyl sites for hydroxylation is 1. The van der Waals surface area contributed by atoms with E-state index in [1.807, 2.05) is 12.1 Å². The number of hydrogen-bond acceptors (Lipinski definition) is 4. The number of nitrogens with zero attached hydrogens (tertiary/aromatic N) is 2. The van der Waals surface area contributed by atoms with E-state index in [0.29, 0.717) is 22.9 Å². The lowest BCUT2D eigenvalue weighted by Crippen LogP contribution is -2.24. The third-order valence-corrected chi connectivity index (χ3v) is 3.79. The van der Waals surface area contributed by atoms with Crippen LogP contribution in [-0.2, 0) is 6.54 Å². The van der Waals surface area contributed by atoms with Gasteiger partial charge in [-0.3, -0.25) is 4.79 Å². The van der Waals surface area contributed by atoms with E-state index < -0.39 is 0 Å². The summed E-state index contributed by atoms with van der Waals surface area (Å²) >= 11 is 5.85. The molecule has 26 heavy (non-hydrogen) atoms. The van der Waals surface area contributed by atoms with Crippen molar-refractivity contribution in [1.29, 1.82) is 0 Å². The predicted octanol–water partition coefficient (Wildman–Crippen LogP) is 4.25. The highest BCUT2D eigenvalue weighted by Gasteiger charge is 2.11. The van der Waals surface area contributed by atoms with Gasteiger partial charge in [-0.05, 0) is 48.9 Å². The van der Waals surface area contributed by atoms with Crippen LogP contribution in [-0.4, -0.2) is 15.9 Å². The fraction of sp³-hybridized carbons (Fsp3) is 0.105. The number of carbonyl (C=O) groups excluding carboxylic acids is 1. The molecule has 132 valence electrons. The number of anilines is 2. The first-order chi connectivity index (χ1) is 12.5. The molecule has 2 N–H and O–H groups in total. The highest BCUT2D eigenvalue weighted by atomic mass is 35.5. The minimum Gasteiger partial charge on any atom is -0.347 e. The number of hydrogen-bond donors (Lipinski definition) is 2.